The van der Waals surface area contributed by atoms with Gasteiger partial charge in [0.1, 0.15) is 0 Å². The summed E-state index contributed by atoms with van der Waals surface area (Å²) in [5.41, 5.74) is 3.94. The van der Waals surface area contributed by atoms with Crippen molar-refractivity contribution in [2.75, 3.05) is 0 Å². The van der Waals surface area contributed by atoms with Crippen LogP contribution in [0, 0.1) is 6.92 Å². The third kappa shape index (κ3) is 2.30. The molecular weight excluding hydrogens is 300 g/mol. The van der Waals surface area contributed by atoms with Crippen LogP contribution in [0.25, 0.3) is 43.4 Å². The largest absolute Gasteiger partial charge is 0.0616 e. The van der Waals surface area contributed by atoms with Crippen LogP contribution in [0.1, 0.15) is 5.56 Å². The Morgan fingerprint density at radius 1 is 0.480 bits per heavy atom. The third-order valence-corrected chi connectivity index (χ3v) is 5.21. The normalized spacial score (nSPS) is 11.4. The number of aryl methyl sites for hydroxylation is 1. The summed E-state index contributed by atoms with van der Waals surface area (Å²) in [4.78, 5) is 0. The number of hydrogen-bond acceptors (Lipinski definition) is 0. The molecule has 0 spiro atoms. The van der Waals surface area contributed by atoms with Crippen LogP contribution < -0.4 is 0 Å². The Morgan fingerprint density at radius 2 is 1.08 bits per heavy atom. The van der Waals surface area contributed by atoms with Crippen molar-refractivity contribution in [2.24, 2.45) is 0 Å². The van der Waals surface area contributed by atoms with Gasteiger partial charge in [0.05, 0.1) is 0 Å². The Kier molecular flexibility index (Phi) is 3.11. The Hall–Kier alpha value is -3.12. The molecule has 0 atom stereocenters. The average molecular weight is 318 g/mol. The molecule has 5 aromatic rings. The zero-order chi connectivity index (χ0) is 16.8. The molecule has 5 aromatic carbocycles. The topological polar surface area (TPSA) is 0 Å². The van der Waals surface area contributed by atoms with Crippen molar-refractivity contribution in [1.82, 2.24) is 0 Å². The van der Waals surface area contributed by atoms with E-state index in [1.54, 1.807) is 0 Å². The van der Waals surface area contributed by atoms with Gasteiger partial charge in [0, 0.05) is 0 Å². The maximum absolute atomic E-state index is 2.32. The van der Waals surface area contributed by atoms with E-state index in [-0.39, 0.29) is 0 Å². The SMILES string of the molecule is Cc1c(-c2ccc3cc4ccccc4cc3c2)ccc2ccccc12. The van der Waals surface area contributed by atoms with Crippen LogP contribution in [0.4, 0.5) is 0 Å². The van der Waals surface area contributed by atoms with E-state index in [1.165, 1.54) is 49.0 Å². The van der Waals surface area contributed by atoms with Gasteiger partial charge >= 0.3 is 0 Å². The lowest BCUT2D eigenvalue weighted by atomic mass is 9.93. The lowest BCUT2D eigenvalue weighted by Gasteiger charge is -2.11. The van der Waals surface area contributed by atoms with Crippen LogP contribution in [-0.2, 0) is 0 Å². The Morgan fingerprint density at radius 3 is 1.88 bits per heavy atom. The monoisotopic (exact) mass is 318 g/mol. The molecule has 0 amide bonds. The van der Waals surface area contributed by atoms with Gasteiger partial charge in [-0.15, -0.1) is 0 Å². The van der Waals surface area contributed by atoms with Crippen LogP contribution in [0.15, 0.2) is 91.0 Å². The van der Waals surface area contributed by atoms with Crippen molar-refractivity contribution in [3.05, 3.63) is 96.6 Å². The van der Waals surface area contributed by atoms with E-state index in [9.17, 15) is 0 Å². The zero-order valence-corrected chi connectivity index (χ0v) is 14.2. The van der Waals surface area contributed by atoms with E-state index in [2.05, 4.69) is 97.9 Å². The highest BCUT2D eigenvalue weighted by atomic mass is 14.1. The van der Waals surface area contributed by atoms with Gasteiger partial charge in [-0.2, -0.15) is 0 Å². The molecule has 0 fully saturated rings. The summed E-state index contributed by atoms with van der Waals surface area (Å²) < 4.78 is 0. The standard InChI is InChI=1S/C25H18/c1-17-24-9-5-4-6-18(24)12-13-25(17)22-11-10-21-14-19-7-2-3-8-20(19)15-23(21)16-22/h2-16H,1H3. The van der Waals surface area contributed by atoms with Crippen molar-refractivity contribution in [1.29, 1.82) is 0 Å². The molecule has 0 radical (unpaired) electrons. The number of benzene rings is 5. The fourth-order valence-electron chi connectivity index (χ4n) is 3.85. The van der Waals surface area contributed by atoms with Gasteiger partial charge < -0.3 is 0 Å². The van der Waals surface area contributed by atoms with Gasteiger partial charge in [0.2, 0.25) is 0 Å². The second-order valence-corrected chi connectivity index (χ2v) is 6.72. The predicted octanol–water partition coefficient (Wildman–Crippen LogP) is 7.12. The molecule has 0 N–H and O–H groups in total. The summed E-state index contributed by atoms with van der Waals surface area (Å²) in [6.45, 7) is 2.22. The minimum atomic E-state index is 1.28. The summed E-state index contributed by atoms with van der Waals surface area (Å²) in [5.74, 6) is 0. The number of fused-ring (bicyclic) bond motifs is 3. The molecule has 0 heteroatoms. The first kappa shape index (κ1) is 14.2. The molecular formula is C25H18. The maximum atomic E-state index is 2.32. The maximum Gasteiger partial charge on any atom is -0.0148 e. The van der Waals surface area contributed by atoms with Gasteiger partial charge in [-0.05, 0) is 74.1 Å². The molecule has 0 heterocycles. The fourth-order valence-corrected chi connectivity index (χ4v) is 3.85. The quantitative estimate of drug-likeness (QED) is 0.289. The average Bonchev–Trinajstić information content (AvgIpc) is 2.66. The van der Waals surface area contributed by atoms with Crippen molar-refractivity contribution in [3.8, 4) is 11.1 Å². The second-order valence-electron chi connectivity index (χ2n) is 6.72. The van der Waals surface area contributed by atoms with Crippen LogP contribution in [0.2, 0.25) is 0 Å². The van der Waals surface area contributed by atoms with Gasteiger partial charge in [0.25, 0.3) is 0 Å². The molecule has 0 bridgehead atoms. The van der Waals surface area contributed by atoms with Crippen molar-refractivity contribution in [2.45, 2.75) is 6.92 Å². The van der Waals surface area contributed by atoms with Gasteiger partial charge in [-0.1, -0.05) is 72.8 Å². The van der Waals surface area contributed by atoms with E-state index in [4.69, 9.17) is 0 Å². The summed E-state index contributed by atoms with van der Waals surface area (Å²) >= 11 is 0. The van der Waals surface area contributed by atoms with Crippen LogP contribution in [0.3, 0.4) is 0 Å². The van der Waals surface area contributed by atoms with Crippen LogP contribution in [-0.4, -0.2) is 0 Å². The van der Waals surface area contributed by atoms with Gasteiger partial charge in [-0.25, -0.2) is 0 Å². The van der Waals surface area contributed by atoms with Crippen molar-refractivity contribution >= 4 is 32.3 Å². The van der Waals surface area contributed by atoms with Gasteiger partial charge in [0.15, 0.2) is 0 Å². The minimum absolute atomic E-state index is 1.28. The highest BCUT2D eigenvalue weighted by molar-refractivity contribution is 6.00. The first-order chi connectivity index (χ1) is 12.3. The first-order valence-electron chi connectivity index (χ1n) is 8.71. The van der Waals surface area contributed by atoms with E-state index >= 15 is 0 Å². The summed E-state index contributed by atoms with van der Waals surface area (Å²) in [5, 5.41) is 7.81. The molecule has 0 aliphatic carbocycles. The lowest BCUT2D eigenvalue weighted by molar-refractivity contribution is 1.51. The Bertz CT molecular complexity index is 1250. The van der Waals surface area contributed by atoms with Crippen molar-refractivity contribution in [3.63, 3.8) is 0 Å². The molecule has 0 aliphatic rings. The van der Waals surface area contributed by atoms with Gasteiger partial charge in [-0.3, -0.25) is 0 Å². The van der Waals surface area contributed by atoms with E-state index in [0.29, 0.717) is 0 Å². The molecule has 0 unspecified atom stereocenters. The third-order valence-electron chi connectivity index (χ3n) is 5.21. The predicted molar refractivity (Wildman–Crippen MR) is 109 cm³/mol. The highest BCUT2D eigenvalue weighted by Gasteiger charge is 2.07. The van der Waals surface area contributed by atoms with E-state index < -0.39 is 0 Å². The smallest absolute Gasteiger partial charge is 0.0148 e. The molecule has 0 aromatic heterocycles. The van der Waals surface area contributed by atoms with E-state index in [0.717, 1.165) is 0 Å². The summed E-state index contributed by atoms with van der Waals surface area (Å²) in [6, 6.07) is 33.0. The molecule has 0 nitrogen and oxygen atoms in total. The molecule has 0 saturated carbocycles. The number of hydrogen-bond donors (Lipinski definition) is 0. The van der Waals surface area contributed by atoms with Crippen LogP contribution in [0.5, 0.6) is 0 Å². The molecule has 0 saturated heterocycles. The molecule has 25 heavy (non-hydrogen) atoms. The number of rotatable bonds is 1. The summed E-state index contributed by atoms with van der Waals surface area (Å²) in [7, 11) is 0. The lowest BCUT2D eigenvalue weighted by Crippen LogP contribution is -1.86. The Balaban J connectivity index is 1.75. The second kappa shape index (κ2) is 5.46. The highest BCUT2D eigenvalue weighted by Crippen LogP contribution is 2.32. The molecule has 118 valence electrons. The van der Waals surface area contributed by atoms with Crippen molar-refractivity contribution < 1.29 is 0 Å². The van der Waals surface area contributed by atoms with E-state index in [1.807, 2.05) is 0 Å². The minimum Gasteiger partial charge on any atom is -0.0616 e. The fraction of sp³-hybridized carbons (Fsp3) is 0.0400. The Labute approximate surface area is 147 Å². The zero-order valence-electron chi connectivity index (χ0n) is 14.2. The summed E-state index contributed by atoms with van der Waals surface area (Å²) in [6.07, 6.45) is 0. The van der Waals surface area contributed by atoms with Crippen LogP contribution >= 0.6 is 0 Å². The molecule has 5 rings (SSSR count). The first-order valence-corrected chi connectivity index (χ1v) is 8.71. The molecule has 0 aliphatic heterocycles.